The van der Waals surface area contributed by atoms with E-state index in [1.807, 2.05) is 65.5 Å². The average molecular weight is 2210 g/mol. The Morgan fingerprint density at radius 3 is 0.986 bits per heavy atom. The molecule has 8 aromatic carbocycles. The first-order valence-corrected chi connectivity index (χ1v) is 57.5. The second-order valence-electron chi connectivity index (χ2n) is 33.5. The Bertz CT molecular complexity index is 8550. The fourth-order valence-corrected chi connectivity index (χ4v) is 23.4. The normalized spacial score (nSPS) is 16.6. The number of carboxylic acids is 1. The molecule has 0 fully saturated rings. The van der Waals surface area contributed by atoms with Gasteiger partial charge in [0.15, 0.2) is 9.79 Å². The van der Waals surface area contributed by atoms with Crippen molar-refractivity contribution in [2.24, 2.45) is 10.8 Å². The summed E-state index contributed by atoms with van der Waals surface area (Å²) in [6, 6.07) is 26.8. The summed E-state index contributed by atoms with van der Waals surface area (Å²) in [5.74, 6) is -2.34. The van der Waals surface area contributed by atoms with E-state index < -0.39 is 151 Å². The molecule has 2 unspecified atom stereocenters. The van der Waals surface area contributed by atoms with Gasteiger partial charge in [-0.25, -0.2) is 16.8 Å². The Labute approximate surface area is 844 Å². The number of unbranched alkanes of at least 4 members (excludes halogenated alkanes) is 7. The predicted octanol–water partition coefficient (Wildman–Crippen LogP) is 9.62. The van der Waals surface area contributed by atoms with Crippen molar-refractivity contribution >= 4 is 232 Å². The van der Waals surface area contributed by atoms with Crippen LogP contribution in [0, 0.1) is 10.8 Å². The van der Waals surface area contributed by atoms with E-state index in [2.05, 4.69) is 17.6 Å². The topological polar surface area (TPSA) is 682 Å². The van der Waals surface area contributed by atoms with Gasteiger partial charge in [0.05, 0.1) is 31.7 Å². The van der Waals surface area contributed by atoms with Crippen LogP contribution in [-0.4, -0.2) is 219 Å². The molecule has 0 radical (unpaired) electrons. The number of hydrogen-bond acceptors (Lipinski definition) is 31. The molecule has 4 aliphatic rings. The number of rotatable bonds is 35. The number of carbonyl (C=O) groups is 5. The molecule has 146 heavy (non-hydrogen) atoms. The van der Waals surface area contributed by atoms with Crippen LogP contribution in [-0.2, 0) is 140 Å². The van der Waals surface area contributed by atoms with E-state index in [1.165, 1.54) is 24.3 Å². The molecular formula is C94H100N6O36S10. The molecule has 0 saturated carbocycles. The van der Waals surface area contributed by atoms with Crippen LogP contribution in [0.1, 0.15) is 162 Å². The number of ketones is 2. The Hall–Kier alpha value is -12.6. The standard InChI is InChI=1S/C47H49N3O13S3.C47H51N3O11S3.4O3S/c1-4-48-46(54)47(41(51)17-9-7-8-10-18-42(52)53)27-29(19-21-35-31-13-11-15-33-38(64(55,56)57)24-23-37(43(31)33)49(35)5-2)25-30(28-47)20-22-36-32-14-12-16-34-39(65(58,59)60)26-40(66(61,62)63)45(44(32)34)50(36)6-3;1-5-9-10-11-12-19-42(51)47(46(52)48-6-2)28-30(20-22-36-32-15-13-17-34-39(62(53,54)55)25-24-38(43(32)34)49(36)7-3)26-31(29-47)21-23-37-33-16-14-18-35-40(63(56,57)58)27-41(64(59,60)61)45(44(33)35)50(37)8-4;4*1-4(2)3/h11-16,19-26H,4-10,17-18,27-28H2,1-3H3,(H4-,48,52,53,54,55,56,57,58,59,60,61,62,63);13-18,20-27H,5-12,19,28-29H2,1-4H3,(H3-,48,52,53,54,55,56,57,58,59,60,61);;;;. The maximum atomic E-state index is 14.6. The number of carboxylic acid groups (broad SMARTS) is 1. The fraction of sp³-hybridized carbons (Fsp3) is 0.330. The summed E-state index contributed by atoms with van der Waals surface area (Å²) in [4.78, 5) is 65.5. The highest BCUT2D eigenvalue weighted by Gasteiger charge is 2.50. The van der Waals surface area contributed by atoms with Crippen LogP contribution < -0.4 is 21.3 Å². The summed E-state index contributed by atoms with van der Waals surface area (Å²) in [5.41, 5.74) is 2.38. The summed E-state index contributed by atoms with van der Waals surface area (Å²) in [6.45, 7) is 14.8. The van der Waals surface area contributed by atoms with Gasteiger partial charge in [0.2, 0.25) is 34.6 Å². The number of aliphatic carboxylic acids is 1. The van der Waals surface area contributed by atoms with Gasteiger partial charge in [-0.3, -0.25) is 42.2 Å². The number of aromatic nitrogens is 2. The van der Waals surface area contributed by atoms with E-state index in [4.69, 9.17) is 55.6 Å². The van der Waals surface area contributed by atoms with E-state index in [0.29, 0.717) is 128 Å². The lowest BCUT2D eigenvalue weighted by molar-refractivity contribution is -0.433. The highest BCUT2D eigenvalue weighted by molar-refractivity contribution is 7.87. The zero-order chi connectivity index (χ0) is 109. The van der Waals surface area contributed by atoms with Crippen molar-refractivity contribution in [1.82, 2.24) is 19.8 Å². The van der Waals surface area contributed by atoms with E-state index in [1.54, 1.807) is 128 Å². The first-order chi connectivity index (χ1) is 68.4. The number of benzene rings is 8. The van der Waals surface area contributed by atoms with Crippen LogP contribution in [0.3, 0.4) is 0 Å². The molecule has 4 heterocycles. The Morgan fingerprint density at radius 2 is 0.692 bits per heavy atom. The number of allylic oxidation sites excluding steroid dienone is 12. The van der Waals surface area contributed by atoms with E-state index in [-0.39, 0.29) is 131 Å². The zero-order valence-electron chi connectivity index (χ0n) is 79.0. The van der Waals surface area contributed by atoms with Crippen molar-refractivity contribution in [3.05, 3.63) is 202 Å². The highest BCUT2D eigenvalue weighted by atomic mass is 32.2. The number of Topliss-reactive ketones (excluding diaryl/α,β-unsaturated/α-hetero) is 2. The number of carbonyl (C=O) groups excluding carboxylic acids is 4. The van der Waals surface area contributed by atoms with Crippen molar-refractivity contribution in [2.45, 2.75) is 194 Å². The number of nitrogens with zero attached hydrogens (tertiary/aromatic N) is 4. The van der Waals surface area contributed by atoms with Gasteiger partial charge in [-0.05, 0) is 169 Å². The quantitative estimate of drug-likeness (QED) is 0.00840. The molecule has 10 aromatic rings. The van der Waals surface area contributed by atoms with Crippen molar-refractivity contribution in [3.8, 4) is 0 Å². The zero-order valence-corrected chi connectivity index (χ0v) is 87.2. The van der Waals surface area contributed by atoms with Gasteiger partial charge < -0.3 is 34.0 Å². The Balaban J connectivity index is 0.000000283. The fourth-order valence-electron chi connectivity index (χ4n) is 19.0. The molecule has 2 aliphatic carbocycles. The van der Waals surface area contributed by atoms with Crippen molar-refractivity contribution in [3.63, 3.8) is 0 Å². The number of hydrogen-bond donors (Lipinski definition) is 7. The molecule has 2 aromatic heterocycles. The van der Waals surface area contributed by atoms with Gasteiger partial charge in [0.25, 0.3) is 20.2 Å². The van der Waals surface area contributed by atoms with Crippen LogP contribution in [0.5, 0.6) is 0 Å². The maximum absolute atomic E-state index is 14.6. The van der Waals surface area contributed by atoms with Crippen LogP contribution in [0.2, 0.25) is 0 Å². The third-order valence-corrected chi connectivity index (χ3v) is 29.9. The molecule has 2 atom stereocenters. The molecule has 7 N–H and O–H groups in total. The molecule has 0 bridgehead atoms. The second-order valence-corrected chi connectivity index (χ2v) is 43.4. The first-order valence-electron chi connectivity index (χ1n) is 44.9. The van der Waals surface area contributed by atoms with Crippen molar-refractivity contribution in [1.29, 1.82) is 0 Å². The average Bonchev–Trinajstić information content (AvgIpc) is 1.55. The van der Waals surface area contributed by atoms with Gasteiger partial charge in [-0.1, -0.05) is 143 Å². The smallest absolute Gasteiger partial charge is 0.425 e. The van der Waals surface area contributed by atoms with Crippen LogP contribution in [0.15, 0.2) is 209 Å². The molecule has 52 heteroatoms. The lowest BCUT2D eigenvalue weighted by atomic mass is 9.67. The molecule has 0 saturated heterocycles. The van der Waals surface area contributed by atoms with Crippen molar-refractivity contribution < 1.29 is 167 Å². The van der Waals surface area contributed by atoms with Gasteiger partial charge in [-0.2, -0.15) is 42.8 Å². The highest BCUT2D eigenvalue weighted by Crippen LogP contribution is 2.49. The minimum absolute atomic E-state index is 0.00175. The monoisotopic (exact) mass is 2210 g/mol. The van der Waals surface area contributed by atoms with Gasteiger partial charge in [0, 0.05) is 122 Å². The lowest BCUT2D eigenvalue weighted by Gasteiger charge is -2.35. The summed E-state index contributed by atoms with van der Waals surface area (Å²) in [5, 5.41) is 19.9. The minimum atomic E-state index is -5.04. The van der Waals surface area contributed by atoms with Crippen LogP contribution in [0.25, 0.3) is 77.0 Å². The van der Waals surface area contributed by atoms with Gasteiger partial charge in [-0.15, -0.1) is 50.5 Å². The van der Waals surface area contributed by atoms with Gasteiger partial charge >= 0.3 is 68.6 Å². The van der Waals surface area contributed by atoms with E-state index in [9.17, 15) is 102 Å². The predicted molar refractivity (Wildman–Crippen MR) is 531 cm³/mol. The first kappa shape index (κ1) is 117. The van der Waals surface area contributed by atoms with Crippen LogP contribution >= 0.6 is 0 Å². The maximum Gasteiger partial charge on any atom is 0.425 e. The second kappa shape index (κ2) is 48.8. The molecular weight excluding hydrogens is 2110 g/mol. The third-order valence-electron chi connectivity index (χ3n) is 24.6. The molecule has 42 nitrogen and oxygen atoms in total. The Morgan fingerprint density at radius 1 is 0.384 bits per heavy atom. The van der Waals surface area contributed by atoms with Crippen molar-refractivity contribution in [2.75, 3.05) is 26.2 Å². The van der Waals surface area contributed by atoms with Crippen LogP contribution in [0.4, 0.5) is 11.4 Å². The minimum Gasteiger partial charge on any atom is -0.744 e. The van der Waals surface area contributed by atoms with E-state index in [0.717, 1.165) is 48.7 Å². The number of amides is 2. The lowest BCUT2D eigenvalue weighted by Crippen LogP contribution is -2.48. The largest absolute Gasteiger partial charge is 0.744 e. The Kier molecular flexibility index (Phi) is 39.1. The summed E-state index contributed by atoms with van der Waals surface area (Å²) < 4.78 is 325. The molecule has 2 amide bonds. The third kappa shape index (κ3) is 27.0. The number of aryl methyl sites for hydroxylation is 2. The molecule has 14 rings (SSSR count). The van der Waals surface area contributed by atoms with E-state index >= 15 is 0 Å². The summed E-state index contributed by atoms with van der Waals surface area (Å²) >= 11 is 0. The number of nitrogens with one attached hydrogen (secondary N) is 2. The molecule has 2 aliphatic heterocycles. The molecule has 782 valence electrons. The van der Waals surface area contributed by atoms with Gasteiger partial charge in [0.1, 0.15) is 65.5 Å². The SMILES string of the molecule is CCCCCCCC(=O)C1(C(=O)NCC)CC(=CC=c2c3cccc4c(S(=O)(=O)[O-])ccc(c43)n2CC)C=C(C=CC2=[N+](CC)c3c(S(=O)(=O)O)cc(S(=O)(=O)O)c4cccc2c34)C1.CCNC(=O)C1(C(=O)CCCCCCC(=O)O)CC(=CC=c2c3cccc4c(S(=O)(=O)[O-])ccc(c43)n2CC)C=C(C=CC2=[N+](CC)c3c(S(=O)(=O)O)cc(S(=O)(=O)O)c4cccc2c34)C1.O=S(=O)=O.O=S(=O)=O.O=S(=O)=O.O=S(=O)=O. The summed E-state index contributed by atoms with van der Waals surface area (Å²) in [7, 11) is -42.0. The summed E-state index contributed by atoms with van der Waals surface area (Å²) in [6.07, 6.45) is 24.6. The molecule has 0 spiro atoms.